The molecule has 0 aliphatic carbocycles. The Morgan fingerprint density at radius 2 is 1.53 bits per heavy atom. The van der Waals surface area contributed by atoms with E-state index in [0.29, 0.717) is 11.8 Å². The van der Waals surface area contributed by atoms with Crippen molar-refractivity contribution in [3.05, 3.63) is 0 Å². The number of carboxylic acid groups (broad SMARTS) is 1. The molecule has 0 saturated heterocycles. The van der Waals surface area contributed by atoms with Gasteiger partial charge in [-0.25, -0.2) is 0 Å². The first-order valence-electron chi connectivity index (χ1n) is 5.34. The summed E-state index contributed by atoms with van der Waals surface area (Å²) in [4.78, 5) is 10.2. The quantitative estimate of drug-likeness (QED) is 0.522. The minimum absolute atomic E-state index is 0. The molecule has 0 aromatic heterocycles. The van der Waals surface area contributed by atoms with E-state index in [4.69, 9.17) is 20.2 Å². The summed E-state index contributed by atoms with van der Waals surface area (Å²) < 4.78 is 0. The van der Waals surface area contributed by atoms with Gasteiger partial charge in [0.1, 0.15) is 0 Å². The molecule has 0 aromatic rings. The molecule has 0 bridgehead atoms. The molecule has 102 valence electrons. The number of carbonyl (C=O) groups is 1. The minimum Gasteiger partial charge on any atom is -0.907 e. The molecular weight excluding hydrogens is 270 g/mol. The van der Waals surface area contributed by atoms with Crippen LogP contribution in [0, 0.1) is 5.41 Å². The average Bonchev–Trinajstić information content (AvgIpc) is 1.99. The maximum Gasteiger partial charge on any atom is 3.00 e. The molecule has 0 aliphatic heterocycles. The van der Waals surface area contributed by atoms with Crippen molar-refractivity contribution < 1.29 is 41.8 Å². The zero-order valence-electron chi connectivity index (χ0n) is 10.5. The van der Waals surface area contributed by atoms with Crippen LogP contribution in [0.4, 0.5) is 0 Å². The van der Waals surface area contributed by atoms with Gasteiger partial charge in [0, 0.05) is 6.42 Å². The van der Waals surface area contributed by atoms with Gasteiger partial charge in [0.25, 0.3) is 0 Å². The van der Waals surface area contributed by atoms with Crippen LogP contribution in [0.25, 0.3) is 0 Å². The largest absolute Gasteiger partial charge is 3.00 e. The van der Waals surface area contributed by atoms with Gasteiger partial charge < -0.3 is 20.2 Å². The Labute approximate surface area is 114 Å². The van der Waals surface area contributed by atoms with Gasteiger partial charge in [-0.1, -0.05) is 33.6 Å². The van der Waals surface area contributed by atoms with Gasteiger partial charge in [0.2, 0.25) is 0 Å². The third-order valence-corrected chi connectivity index (χ3v) is 1.82. The van der Waals surface area contributed by atoms with E-state index in [2.05, 4.69) is 20.8 Å². The van der Waals surface area contributed by atoms with E-state index in [1.54, 1.807) is 0 Å². The Kier molecular flexibility index (Phi) is 16.1. The van der Waals surface area contributed by atoms with E-state index in [1.165, 1.54) is 6.42 Å². The van der Waals surface area contributed by atoms with Crippen LogP contribution in [0.15, 0.2) is 0 Å². The number of unbranched alkanes of at least 4 members (excludes halogenated alkanes) is 2. The zero-order chi connectivity index (χ0) is 13.2. The Morgan fingerprint density at radius 3 is 1.82 bits per heavy atom. The van der Waals surface area contributed by atoms with Crippen LogP contribution in [0.3, 0.4) is 0 Å². The second-order valence-electron chi connectivity index (χ2n) is 4.80. The fourth-order valence-electron chi connectivity index (χ4n) is 1.11. The van der Waals surface area contributed by atoms with Crippen molar-refractivity contribution >= 4 is 13.3 Å². The molecule has 17 heavy (non-hydrogen) atoms. The molecule has 0 atom stereocenters. The Balaban J connectivity index is -0.000000340. The molecule has 0 fully saturated rings. The van der Waals surface area contributed by atoms with Crippen molar-refractivity contribution in [3.8, 4) is 0 Å². The number of aliphatic carboxylic acids is 1. The molecule has 5 nitrogen and oxygen atoms in total. The Morgan fingerprint density at radius 1 is 1.12 bits per heavy atom. The third kappa shape index (κ3) is 38.8. The number of rotatable bonds is 5. The summed E-state index contributed by atoms with van der Waals surface area (Å²) in [5, 5.41) is 33.6. The molecule has 0 heterocycles. The summed E-state index contributed by atoms with van der Waals surface area (Å²) in [6.07, 6.45) is 4.53. The number of carboxylic acids is 1. The summed E-state index contributed by atoms with van der Waals surface area (Å²) in [5.74, 6) is -0.675. The minimum atomic E-state index is -2.92. The van der Waals surface area contributed by atoms with Gasteiger partial charge in [-0.15, -0.1) is 0 Å². The van der Waals surface area contributed by atoms with E-state index in [-0.39, 0.29) is 16.8 Å². The van der Waals surface area contributed by atoms with Crippen LogP contribution in [-0.4, -0.2) is 18.4 Å². The summed E-state index contributed by atoms with van der Waals surface area (Å²) in [6, 6.07) is 0. The summed E-state index contributed by atoms with van der Waals surface area (Å²) in [7, 11) is -2.92. The normalized spacial score (nSPS) is 9.76. The topological polar surface area (TPSA) is 106 Å². The summed E-state index contributed by atoms with van der Waals surface area (Å²) in [5.41, 5.74) is 0.392. The molecule has 0 saturated carbocycles. The number of hydrogen-bond donors (Lipinski definition) is 1. The van der Waals surface area contributed by atoms with Gasteiger partial charge in [-0.3, -0.25) is 12.1 Å². The zero-order valence-corrected chi connectivity index (χ0v) is 11.6. The molecule has 0 aliphatic rings. The fourth-order valence-corrected chi connectivity index (χ4v) is 1.11. The van der Waals surface area contributed by atoms with Crippen molar-refractivity contribution in [2.45, 2.75) is 52.9 Å². The van der Waals surface area contributed by atoms with E-state index in [1.807, 2.05) is 0 Å². The van der Waals surface area contributed by atoms with Crippen LogP contribution in [0.1, 0.15) is 52.9 Å². The summed E-state index contributed by atoms with van der Waals surface area (Å²) in [6.45, 7) is 6.64. The maximum atomic E-state index is 10.2. The summed E-state index contributed by atoms with van der Waals surface area (Å²) >= 11 is 0. The van der Waals surface area contributed by atoms with Gasteiger partial charge in [0.05, 0.1) is 0 Å². The Bertz CT molecular complexity index is 179. The molecule has 0 unspecified atom stereocenters. The van der Waals surface area contributed by atoms with Crippen LogP contribution in [0.5, 0.6) is 0 Å². The second kappa shape index (κ2) is 12.4. The molecule has 0 rings (SSSR count). The van der Waals surface area contributed by atoms with Crippen LogP contribution in [-0.2, 0) is 21.6 Å². The van der Waals surface area contributed by atoms with E-state index < -0.39 is 13.3 Å². The van der Waals surface area contributed by atoms with Crippen LogP contribution < -0.4 is 15.1 Å². The smallest absolute Gasteiger partial charge is 0.907 e. The molecule has 1 N–H and O–H groups in total. The molecule has 0 amide bonds. The van der Waals surface area contributed by atoms with Crippen molar-refractivity contribution in [2.24, 2.45) is 5.41 Å². The van der Waals surface area contributed by atoms with Gasteiger partial charge in [-0.2, -0.15) is 0 Å². The van der Waals surface area contributed by atoms with Crippen molar-refractivity contribution in [1.29, 1.82) is 0 Å². The first kappa shape index (κ1) is 22.1. The van der Waals surface area contributed by atoms with Crippen molar-refractivity contribution in [2.75, 3.05) is 0 Å². The van der Waals surface area contributed by atoms with E-state index in [9.17, 15) is 4.79 Å². The first-order chi connectivity index (χ1) is 7.15. The SMILES string of the molecule is CC(C)(C)CCCCCC(=O)O.[Co+3].[O-]B([O-])[O-]. The maximum absolute atomic E-state index is 10.2. The van der Waals surface area contributed by atoms with E-state index in [0.717, 1.165) is 19.3 Å². The van der Waals surface area contributed by atoms with E-state index >= 15 is 0 Å². The van der Waals surface area contributed by atoms with Crippen molar-refractivity contribution in [3.63, 3.8) is 0 Å². The van der Waals surface area contributed by atoms with Crippen LogP contribution in [0.2, 0.25) is 0 Å². The molecule has 0 radical (unpaired) electrons. The van der Waals surface area contributed by atoms with Gasteiger partial charge in [0.15, 0.2) is 0 Å². The average molecular weight is 290 g/mol. The first-order valence-corrected chi connectivity index (χ1v) is 5.34. The molecular formula is C10H20BCoO5. The predicted octanol–water partition coefficient (Wildman–Crippen LogP) is -0.883. The van der Waals surface area contributed by atoms with Gasteiger partial charge in [-0.05, 0) is 18.3 Å². The number of hydrogen-bond acceptors (Lipinski definition) is 4. The fraction of sp³-hybridized carbons (Fsp3) is 0.900. The second-order valence-corrected chi connectivity index (χ2v) is 4.80. The molecule has 0 aromatic carbocycles. The molecule has 7 heteroatoms. The monoisotopic (exact) mass is 290 g/mol. The van der Waals surface area contributed by atoms with Gasteiger partial charge >= 0.3 is 22.7 Å². The Hall–Kier alpha value is -0.0786. The molecule has 0 spiro atoms. The van der Waals surface area contributed by atoms with Crippen LogP contribution >= 0.6 is 0 Å². The standard InChI is InChI=1S/C10H20O2.BO3.Co/c1-10(2,3)8-6-4-5-7-9(11)12;2-1(3)4;/h4-8H2,1-3H3,(H,11,12);;/q;-3;+3. The predicted molar refractivity (Wildman–Crippen MR) is 55.9 cm³/mol. The third-order valence-electron chi connectivity index (χ3n) is 1.82. The van der Waals surface area contributed by atoms with Crippen molar-refractivity contribution in [1.82, 2.24) is 0 Å².